The van der Waals surface area contributed by atoms with E-state index in [2.05, 4.69) is 26.8 Å². The lowest BCUT2D eigenvalue weighted by Gasteiger charge is -2.28. The summed E-state index contributed by atoms with van der Waals surface area (Å²) in [6.07, 6.45) is 3.34. The van der Waals surface area contributed by atoms with Gasteiger partial charge in [0.05, 0.1) is 44.0 Å². The Morgan fingerprint density at radius 3 is 2.56 bits per heavy atom. The van der Waals surface area contributed by atoms with Crippen LogP contribution in [0.4, 0.5) is 5.69 Å². The van der Waals surface area contributed by atoms with Gasteiger partial charge in [-0.25, -0.2) is 19.3 Å². The summed E-state index contributed by atoms with van der Waals surface area (Å²) in [7, 11) is 1.58. The summed E-state index contributed by atoms with van der Waals surface area (Å²) in [5.41, 5.74) is 4.36. The molecule has 0 unspecified atom stereocenters. The maximum absolute atomic E-state index is 11.3. The number of aromatic nitrogens is 4. The van der Waals surface area contributed by atoms with Crippen LogP contribution in [-0.2, 0) is 4.74 Å². The van der Waals surface area contributed by atoms with Crippen molar-refractivity contribution in [1.29, 1.82) is 0 Å². The quantitative estimate of drug-likeness (QED) is 0.469. The molecule has 4 heterocycles. The monoisotopic (exact) mass is 455 g/mol. The highest BCUT2D eigenvalue weighted by Gasteiger charge is 2.21. The minimum absolute atomic E-state index is 0.203. The van der Waals surface area contributed by atoms with Crippen molar-refractivity contribution in [3.8, 4) is 28.8 Å². The molecule has 1 fully saturated rings. The molecule has 0 spiro atoms. The highest BCUT2D eigenvalue weighted by Crippen LogP contribution is 2.29. The molecule has 1 aliphatic rings. The molecule has 0 aliphatic carbocycles. The average molecular weight is 455 g/mol. The number of fused-ring (bicyclic) bond motifs is 1. The Balaban J connectivity index is 1.65. The second-order valence-corrected chi connectivity index (χ2v) is 7.58. The molecule has 0 saturated carbocycles. The standard InChI is InChI=1S/C25H21N5O4/c1-33-20-8-6-19(26-16-20)7-9-21-23(17-2-4-18(5-3-17)25(31)32)30-24(28-21)22(10-11-27-30)29-12-14-34-15-13-29/h2-6,8,10-11,16H,12-15H2,1H3,(H,31,32). The van der Waals surface area contributed by atoms with Crippen molar-refractivity contribution in [1.82, 2.24) is 19.6 Å². The average Bonchev–Trinajstić information content (AvgIpc) is 3.27. The van der Waals surface area contributed by atoms with Gasteiger partial charge in [-0.15, -0.1) is 0 Å². The number of benzene rings is 1. The fourth-order valence-electron chi connectivity index (χ4n) is 3.80. The van der Waals surface area contributed by atoms with Crippen LogP contribution in [0.5, 0.6) is 5.75 Å². The molecular formula is C25H21N5O4. The van der Waals surface area contributed by atoms with Crippen molar-refractivity contribution in [3.05, 3.63) is 71.8 Å². The van der Waals surface area contributed by atoms with Crippen LogP contribution in [0.25, 0.3) is 16.9 Å². The number of carboxylic acids is 1. The van der Waals surface area contributed by atoms with E-state index in [9.17, 15) is 9.90 Å². The van der Waals surface area contributed by atoms with E-state index in [-0.39, 0.29) is 5.56 Å². The fraction of sp³-hybridized carbons (Fsp3) is 0.200. The number of ether oxygens (including phenoxy) is 2. The van der Waals surface area contributed by atoms with Gasteiger partial charge in [0, 0.05) is 18.7 Å². The minimum Gasteiger partial charge on any atom is -0.495 e. The normalized spacial score (nSPS) is 13.4. The highest BCUT2D eigenvalue weighted by atomic mass is 16.5. The number of nitrogens with zero attached hydrogens (tertiary/aromatic N) is 5. The molecule has 1 N–H and O–H groups in total. The smallest absolute Gasteiger partial charge is 0.335 e. The Labute approximate surface area is 195 Å². The number of rotatable bonds is 4. The zero-order valence-electron chi connectivity index (χ0n) is 18.4. The lowest BCUT2D eigenvalue weighted by atomic mass is 10.1. The van der Waals surface area contributed by atoms with Crippen LogP contribution in [0, 0.1) is 11.8 Å². The predicted molar refractivity (Wildman–Crippen MR) is 125 cm³/mol. The number of anilines is 1. The summed E-state index contributed by atoms with van der Waals surface area (Å²) in [4.78, 5) is 22.7. The third-order valence-electron chi connectivity index (χ3n) is 5.54. The molecule has 3 aromatic heterocycles. The van der Waals surface area contributed by atoms with E-state index in [4.69, 9.17) is 14.5 Å². The molecule has 1 aliphatic heterocycles. The van der Waals surface area contributed by atoms with Crippen LogP contribution in [0.3, 0.4) is 0 Å². The molecule has 4 aromatic rings. The van der Waals surface area contributed by atoms with Crippen LogP contribution >= 0.6 is 0 Å². The van der Waals surface area contributed by atoms with E-state index < -0.39 is 5.97 Å². The van der Waals surface area contributed by atoms with Gasteiger partial charge in [-0.3, -0.25) is 0 Å². The second kappa shape index (κ2) is 9.21. The van der Waals surface area contributed by atoms with Gasteiger partial charge in [0.25, 0.3) is 0 Å². The van der Waals surface area contributed by atoms with Crippen LogP contribution in [0.15, 0.2) is 54.9 Å². The van der Waals surface area contributed by atoms with Crippen molar-refractivity contribution in [3.63, 3.8) is 0 Å². The lowest BCUT2D eigenvalue weighted by Crippen LogP contribution is -2.36. The van der Waals surface area contributed by atoms with Gasteiger partial charge in [-0.1, -0.05) is 12.1 Å². The predicted octanol–water partition coefficient (Wildman–Crippen LogP) is 2.73. The molecule has 0 atom stereocenters. The molecule has 9 nitrogen and oxygen atoms in total. The number of methoxy groups -OCH3 is 1. The molecule has 5 rings (SSSR count). The Morgan fingerprint density at radius 2 is 1.88 bits per heavy atom. The maximum atomic E-state index is 11.3. The van der Waals surface area contributed by atoms with Gasteiger partial charge in [0.1, 0.15) is 22.8 Å². The molecule has 0 bridgehead atoms. The Morgan fingerprint density at radius 1 is 1.09 bits per heavy atom. The van der Waals surface area contributed by atoms with Gasteiger partial charge in [-0.05, 0) is 42.2 Å². The van der Waals surface area contributed by atoms with Gasteiger partial charge >= 0.3 is 5.97 Å². The number of morpholine rings is 1. The van der Waals surface area contributed by atoms with Crippen LogP contribution in [-0.4, -0.2) is 64.1 Å². The number of carboxylic acid groups (broad SMARTS) is 1. The minimum atomic E-state index is -0.983. The van der Waals surface area contributed by atoms with E-state index in [0.717, 1.165) is 24.3 Å². The first-order chi connectivity index (χ1) is 16.6. The van der Waals surface area contributed by atoms with Gasteiger partial charge in [-0.2, -0.15) is 5.10 Å². The number of pyridine rings is 1. The van der Waals surface area contributed by atoms with E-state index >= 15 is 0 Å². The van der Waals surface area contributed by atoms with Gasteiger partial charge < -0.3 is 19.5 Å². The molecular weight excluding hydrogens is 434 g/mol. The number of hydrogen-bond acceptors (Lipinski definition) is 7. The zero-order chi connectivity index (χ0) is 23.5. The summed E-state index contributed by atoms with van der Waals surface area (Å²) in [6.45, 7) is 2.81. The maximum Gasteiger partial charge on any atom is 0.335 e. The summed E-state index contributed by atoms with van der Waals surface area (Å²) in [5, 5.41) is 13.8. The first-order valence-electron chi connectivity index (χ1n) is 10.7. The molecule has 1 saturated heterocycles. The van der Waals surface area contributed by atoms with Crippen LogP contribution in [0.2, 0.25) is 0 Å². The summed E-state index contributed by atoms with van der Waals surface area (Å²) in [5.74, 6) is 5.87. The first kappa shape index (κ1) is 21.4. The van der Waals surface area contributed by atoms with Crippen molar-refractivity contribution in [2.75, 3.05) is 38.3 Å². The second-order valence-electron chi connectivity index (χ2n) is 7.58. The Kier molecular flexibility index (Phi) is 5.81. The third-order valence-corrected chi connectivity index (χ3v) is 5.54. The molecule has 1 aromatic carbocycles. The van der Waals surface area contributed by atoms with Crippen molar-refractivity contribution in [2.24, 2.45) is 0 Å². The van der Waals surface area contributed by atoms with E-state index in [0.29, 0.717) is 41.7 Å². The van der Waals surface area contributed by atoms with Crippen molar-refractivity contribution >= 4 is 17.3 Å². The number of carbonyl (C=O) groups is 1. The first-order valence-corrected chi connectivity index (χ1v) is 10.7. The third kappa shape index (κ3) is 4.14. The Hall–Kier alpha value is -4.42. The van der Waals surface area contributed by atoms with Crippen molar-refractivity contribution < 1.29 is 19.4 Å². The fourth-order valence-corrected chi connectivity index (χ4v) is 3.80. The molecule has 0 radical (unpaired) electrons. The summed E-state index contributed by atoms with van der Waals surface area (Å²) >= 11 is 0. The van der Waals surface area contributed by atoms with Crippen LogP contribution in [0.1, 0.15) is 21.7 Å². The lowest BCUT2D eigenvalue weighted by molar-refractivity contribution is 0.0697. The zero-order valence-corrected chi connectivity index (χ0v) is 18.4. The van der Waals surface area contributed by atoms with E-state index in [1.54, 1.807) is 60.4 Å². The van der Waals surface area contributed by atoms with Gasteiger partial charge in [0.15, 0.2) is 5.65 Å². The highest BCUT2D eigenvalue weighted by molar-refractivity contribution is 5.88. The molecule has 170 valence electrons. The SMILES string of the molecule is COc1ccc(C#Cc2nc3c(N4CCOCC4)ccnn3c2-c2ccc(C(=O)O)cc2)nc1. The largest absolute Gasteiger partial charge is 0.495 e. The molecule has 0 amide bonds. The van der Waals surface area contributed by atoms with Crippen LogP contribution < -0.4 is 9.64 Å². The number of imidazole rings is 1. The number of aromatic carboxylic acids is 1. The number of hydrogen-bond donors (Lipinski definition) is 1. The topological polar surface area (TPSA) is 102 Å². The van der Waals surface area contributed by atoms with Gasteiger partial charge in [0.2, 0.25) is 0 Å². The summed E-state index contributed by atoms with van der Waals surface area (Å²) in [6, 6.07) is 12.1. The van der Waals surface area contributed by atoms with E-state index in [1.165, 1.54) is 0 Å². The van der Waals surface area contributed by atoms with E-state index in [1.807, 2.05) is 6.07 Å². The molecule has 9 heteroatoms. The summed E-state index contributed by atoms with van der Waals surface area (Å²) < 4.78 is 12.4. The molecule has 34 heavy (non-hydrogen) atoms. The Bertz CT molecular complexity index is 1400. The van der Waals surface area contributed by atoms with Crippen molar-refractivity contribution in [2.45, 2.75) is 0 Å².